The van der Waals surface area contributed by atoms with Crippen LogP contribution in [0.2, 0.25) is 0 Å². The van der Waals surface area contributed by atoms with Crippen molar-refractivity contribution in [3.05, 3.63) is 0 Å². The van der Waals surface area contributed by atoms with Crippen LogP contribution in [0.5, 0.6) is 0 Å². The highest BCUT2D eigenvalue weighted by Crippen LogP contribution is 2.04. The monoisotopic (exact) mass is 213 g/mol. The van der Waals surface area contributed by atoms with Gasteiger partial charge in [-0.1, -0.05) is 0 Å². The maximum Gasteiger partial charge on any atom is 0.305 e. The fourth-order valence-corrected chi connectivity index (χ4v) is 1.24. The third-order valence-corrected chi connectivity index (χ3v) is 2.22. The van der Waals surface area contributed by atoms with Crippen molar-refractivity contribution in [2.45, 2.75) is 11.7 Å². The van der Waals surface area contributed by atoms with Gasteiger partial charge in [0, 0.05) is 0 Å². The van der Waals surface area contributed by atoms with Crippen molar-refractivity contribution in [2.75, 3.05) is 0 Å². The summed E-state index contributed by atoms with van der Waals surface area (Å²) in [6.07, 6.45) is -1.12. The van der Waals surface area contributed by atoms with Gasteiger partial charge in [0.05, 0.1) is 6.42 Å². The number of carbonyl (C=O) groups excluding carboxylic acids is 1. The molecular formula is C4H7NO7S. The van der Waals surface area contributed by atoms with Crippen LogP contribution in [0.1, 0.15) is 6.42 Å². The lowest BCUT2D eigenvalue weighted by Crippen LogP contribution is -2.39. The van der Waals surface area contributed by atoms with Crippen LogP contribution in [0, 0.1) is 0 Å². The van der Waals surface area contributed by atoms with E-state index in [1.807, 2.05) is 0 Å². The fourth-order valence-electron chi connectivity index (χ4n) is 0.564. The number of carbonyl (C=O) groups is 2. The number of aliphatic carboxylic acids is 1. The summed E-state index contributed by atoms with van der Waals surface area (Å²) in [4.78, 5) is 20.6. The average Bonchev–Trinajstić information content (AvgIpc) is 1.96. The van der Waals surface area contributed by atoms with Crippen LogP contribution in [-0.2, 0) is 19.7 Å². The standard InChI is InChI=1S/C4H7NO7S/c6-3(7)1-2(4(8)5-9)13(10,11)12/h2,9H,1H2,(H,5,8)(H,6,7)(H,10,11,12). The van der Waals surface area contributed by atoms with E-state index < -0.39 is 33.7 Å². The largest absolute Gasteiger partial charge is 0.481 e. The molecule has 0 fully saturated rings. The van der Waals surface area contributed by atoms with E-state index in [0.717, 1.165) is 5.48 Å². The molecule has 1 atom stereocenters. The van der Waals surface area contributed by atoms with Gasteiger partial charge in [-0.15, -0.1) is 0 Å². The highest BCUT2D eigenvalue weighted by Gasteiger charge is 2.33. The number of nitrogens with one attached hydrogen (secondary N) is 1. The van der Waals surface area contributed by atoms with Crippen LogP contribution in [0.25, 0.3) is 0 Å². The number of carboxylic acids is 1. The molecule has 0 heterocycles. The molecule has 1 unspecified atom stereocenters. The Morgan fingerprint density at radius 2 is 1.85 bits per heavy atom. The molecule has 0 rings (SSSR count). The Morgan fingerprint density at radius 3 is 2.08 bits per heavy atom. The van der Waals surface area contributed by atoms with Gasteiger partial charge < -0.3 is 5.11 Å². The summed E-state index contributed by atoms with van der Waals surface area (Å²) in [5, 5.41) is 14.0. The summed E-state index contributed by atoms with van der Waals surface area (Å²) >= 11 is 0. The van der Waals surface area contributed by atoms with Crippen LogP contribution >= 0.6 is 0 Å². The molecule has 0 aromatic carbocycles. The summed E-state index contributed by atoms with van der Waals surface area (Å²) in [7, 11) is -4.82. The molecular weight excluding hydrogens is 206 g/mol. The highest BCUT2D eigenvalue weighted by molar-refractivity contribution is 7.87. The van der Waals surface area contributed by atoms with Gasteiger partial charge in [-0.05, 0) is 0 Å². The molecule has 4 N–H and O–H groups in total. The summed E-state index contributed by atoms with van der Waals surface area (Å²) in [5.74, 6) is -3.09. The molecule has 0 aliphatic rings. The normalized spacial score (nSPS) is 13.4. The first-order valence-corrected chi connectivity index (χ1v) is 4.41. The lowest BCUT2D eigenvalue weighted by atomic mass is 10.3. The molecule has 8 nitrogen and oxygen atoms in total. The minimum Gasteiger partial charge on any atom is -0.481 e. The van der Waals surface area contributed by atoms with Crippen molar-refractivity contribution in [3.8, 4) is 0 Å². The van der Waals surface area contributed by atoms with Gasteiger partial charge in [0.2, 0.25) is 0 Å². The molecule has 0 aromatic heterocycles. The van der Waals surface area contributed by atoms with Gasteiger partial charge in [0.1, 0.15) is 0 Å². The number of hydrogen-bond donors (Lipinski definition) is 4. The molecule has 1 amide bonds. The van der Waals surface area contributed by atoms with E-state index >= 15 is 0 Å². The number of rotatable bonds is 4. The minimum atomic E-state index is -4.82. The molecule has 13 heavy (non-hydrogen) atoms. The van der Waals surface area contributed by atoms with E-state index in [4.69, 9.17) is 14.9 Å². The van der Waals surface area contributed by atoms with E-state index in [2.05, 4.69) is 0 Å². The molecule has 0 saturated heterocycles. The van der Waals surface area contributed by atoms with E-state index in [0.29, 0.717) is 0 Å². The van der Waals surface area contributed by atoms with Crippen LogP contribution in [-0.4, -0.2) is 40.4 Å². The number of carboxylic acid groups (broad SMARTS) is 1. The number of hydroxylamine groups is 1. The van der Waals surface area contributed by atoms with Crippen molar-refractivity contribution >= 4 is 22.0 Å². The number of amides is 1. The Balaban J connectivity index is 4.77. The summed E-state index contributed by atoms with van der Waals surface area (Å²) in [6, 6.07) is 0. The van der Waals surface area contributed by atoms with Gasteiger partial charge in [-0.2, -0.15) is 8.42 Å². The zero-order chi connectivity index (χ0) is 10.6. The SMILES string of the molecule is O=C(O)CC(C(=O)NO)S(=O)(=O)O. The third-order valence-electron chi connectivity index (χ3n) is 1.12. The molecule has 76 valence electrons. The van der Waals surface area contributed by atoms with Crippen LogP contribution in [0.4, 0.5) is 0 Å². The first-order valence-electron chi connectivity index (χ1n) is 2.91. The molecule has 0 radical (unpaired) electrons. The van der Waals surface area contributed by atoms with Gasteiger partial charge in [0.25, 0.3) is 16.0 Å². The second-order valence-corrected chi connectivity index (χ2v) is 3.68. The smallest absolute Gasteiger partial charge is 0.305 e. The van der Waals surface area contributed by atoms with Gasteiger partial charge in [-0.3, -0.25) is 19.3 Å². The Labute approximate surface area is 72.9 Å². The van der Waals surface area contributed by atoms with Crippen LogP contribution in [0.3, 0.4) is 0 Å². The molecule has 0 aromatic rings. The summed E-state index contributed by atoms with van der Waals surface area (Å²) in [5.41, 5.74) is 0.936. The molecule has 0 saturated carbocycles. The quantitative estimate of drug-likeness (QED) is 0.246. The lowest BCUT2D eigenvalue weighted by Gasteiger charge is -2.07. The second-order valence-electron chi connectivity index (χ2n) is 2.08. The van der Waals surface area contributed by atoms with E-state index in [9.17, 15) is 18.0 Å². The van der Waals surface area contributed by atoms with Crippen molar-refractivity contribution in [1.29, 1.82) is 0 Å². The van der Waals surface area contributed by atoms with Crippen LogP contribution in [0.15, 0.2) is 0 Å². The maximum atomic E-state index is 10.5. The molecule has 0 aliphatic carbocycles. The Morgan fingerprint density at radius 1 is 1.38 bits per heavy atom. The van der Waals surface area contributed by atoms with E-state index in [-0.39, 0.29) is 0 Å². The van der Waals surface area contributed by atoms with E-state index in [1.165, 1.54) is 0 Å². The van der Waals surface area contributed by atoms with Crippen molar-refractivity contribution < 1.29 is 32.9 Å². The highest BCUT2D eigenvalue weighted by atomic mass is 32.2. The first kappa shape index (κ1) is 11.8. The minimum absolute atomic E-state index is 0.936. The van der Waals surface area contributed by atoms with Crippen molar-refractivity contribution in [1.82, 2.24) is 5.48 Å². The predicted molar refractivity (Wildman–Crippen MR) is 37.5 cm³/mol. The third kappa shape index (κ3) is 3.83. The summed E-state index contributed by atoms with van der Waals surface area (Å²) in [6.45, 7) is 0. The second kappa shape index (κ2) is 4.16. The average molecular weight is 213 g/mol. The Bertz CT molecular complexity index is 306. The van der Waals surface area contributed by atoms with E-state index in [1.54, 1.807) is 0 Å². The zero-order valence-corrected chi connectivity index (χ0v) is 6.98. The fraction of sp³-hybridized carbons (Fsp3) is 0.500. The molecule has 9 heteroatoms. The first-order chi connectivity index (χ1) is 5.79. The molecule has 0 aliphatic heterocycles. The topological polar surface area (TPSA) is 141 Å². The summed E-state index contributed by atoms with van der Waals surface area (Å²) < 4.78 is 29.1. The molecule has 0 spiro atoms. The van der Waals surface area contributed by atoms with Gasteiger partial charge >= 0.3 is 5.97 Å². The van der Waals surface area contributed by atoms with Crippen molar-refractivity contribution in [2.24, 2.45) is 0 Å². The lowest BCUT2D eigenvalue weighted by molar-refractivity contribution is -0.140. The maximum absolute atomic E-state index is 10.5. The number of hydrogen-bond acceptors (Lipinski definition) is 5. The van der Waals surface area contributed by atoms with Crippen molar-refractivity contribution in [3.63, 3.8) is 0 Å². The predicted octanol–water partition coefficient (Wildman–Crippen LogP) is -1.78. The van der Waals surface area contributed by atoms with Crippen LogP contribution < -0.4 is 5.48 Å². The zero-order valence-electron chi connectivity index (χ0n) is 6.17. The van der Waals surface area contributed by atoms with Gasteiger partial charge in [0.15, 0.2) is 5.25 Å². The van der Waals surface area contributed by atoms with Gasteiger partial charge in [-0.25, -0.2) is 5.48 Å². The molecule has 0 bridgehead atoms. The Hall–Kier alpha value is -1.19. The Kier molecular flexibility index (Phi) is 3.78.